The van der Waals surface area contributed by atoms with Gasteiger partial charge in [-0.3, -0.25) is 4.68 Å². The topological polar surface area (TPSA) is 80.5 Å². The second-order valence-electron chi connectivity index (χ2n) is 7.20. The number of fused-ring (bicyclic) bond motifs is 1. The lowest BCUT2D eigenvalue weighted by atomic mass is 10.1. The van der Waals surface area contributed by atoms with Crippen molar-refractivity contribution in [1.29, 1.82) is 0 Å². The van der Waals surface area contributed by atoms with Gasteiger partial charge in [0.05, 0.1) is 36.7 Å². The van der Waals surface area contributed by atoms with E-state index >= 15 is 0 Å². The van der Waals surface area contributed by atoms with Gasteiger partial charge in [-0.15, -0.1) is 0 Å². The van der Waals surface area contributed by atoms with Gasteiger partial charge in [-0.05, 0) is 43.7 Å². The van der Waals surface area contributed by atoms with E-state index < -0.39 is 6.10 Å². The fourth-order valence-electron chi connectivity index (χ4n) is 3.69. The second kappa shape index (κ2) is 6.72. The van der Waals surface area contributed by atoms with Crippen molar-refractivity contribution in [1.82, 2.24) is 14.8 Å². The molecule has 2 aliphatic rings. The summed E-state index contributed by atoms with van der Waals surface area (Å²) in [5, 5.41) is 14.4. The van der Waals surface area contributed by atoms with E-state index in [1.807, 2.05) is 12.1 Å². The van der Waals surface area contributed by atoms with Crippen molar-refractivity contribution in [2.45, 2.75) is 32.9 Å². The zero-order valence-corrected chi connectivity index (χ0v) is 15.1. The monoisotopic (exact) mass is 356 g/mol. The smallest absolute Gasteiger partial charge is 0.341 e. The summed E-state index contributed by atoms with van der Waals surface area (Å²) in [7, 11) is 0. The first kappa shape index (κ1) is 17.0. The van der Waals surface area contributed by atoms with Crippen LogP contribution in [0.15, 0.2) is 24.5 Å². The Bertz CT molecular complexity index is 807. The average Bonchev–Trinajstić information content (AvgIpc) is 3.02. The van der Waals surface area contributed by atoms with Crippen LogP contribution in [0, 0.1) is 11.8 Å². The van der Waals surface area contributed by atoms with Gasteiger partial charge in [0.2, 0.25) is 0 Å². The Balaban J connectivity index is 1.53. The summed E-state index contributed by atoms with van der Waals surface area (Å²) in [6.45, 7) is 6.41. The lowest BCUT2D eigenvalue weighted by Crippen LogP contribution is -2.23. The molecule has 1 saturated heterocycles. The Hall–Kier alpha value is -2.41. The van der Waals surface area contributed by atoms with Gasteiger partial charge < -0.3 is 14.7 Å². The Kier molecular flexibility index (Phi) is 4.40. The van der Waals surface area contributed by atoms with Crippen LogP contribution in [-0.4, -0.2) is 45.5 Å². The zero-order valence-electron chi connectivity index (χ0n) is 15.1. The van der Waals surface area contributed by atoms with Crippen LogP contribution in [0.4, 0.5) is 5.82 Å². The van der Waals surface area contributed by atoms with Gasteiger partial charge >= 0.3 is 5.97 Å². The number of esters is 1. The highest BCUT2D eigenvalue weighted by Gasteiger charge is 2.45. The Labute approximate surface area is 152 Å². The lowest BCUT2D eigenvalue weighted by molar-refractivity contribution is 0.0526. The van der Waals surface area contributed by atoms with E-state index in [1.165, 1.54) is 12.6 Å². The maximum absolute atomic E-state index is 11.8. The van der Waals surface area contributed by atoms with Gasteiger partial charge in [0, 0.05) is 19.3 Å². The third kappa shape index (κ3) is 3.31. The molecule has 7 heteroatoms. The number of carbonyl (C=O) groups excluding carboxylic acids is 1. The fourth-order valence-corrected chi connectivity index (χ4v) is 3.69. The van der Waals surface area contributed by atoms with Crippen molar-refractivity contribution in [3.05, 3.63) is 41.3 Å². The van der Waals surface area contributed by atoms with Crippen LogP contribution in [0.25, 0.3) is 0 Å². The predicted octanol–water partition coefficient (Wildman–Crippen LogP) is 2.01. The highest BCUT2D eigenvalue weighted by molar-refractivity contribution is 5.88. The zero-order chi connectivity index (χ0) is 18.3. The van der Waals surface area contributed by atoms with Crippen LogP contribution in [0.2, 0.25) is 0 Å². The number of aromatic nitrogens is 3. The number of aliphatic hydroxyl groups is 1. The van der Waals surface area contributed by atoms with Crippen molar-refractivity contribution < 1.29 is 14.6 Å². The largest absolute Gasteiger partial charge is 0.462 e. The number of pyridine rings is 1. The summed E-state index contributed by atoms with van der Waals surface area (Å²) in [6, 6.07) is 4.02. The minimum absolute atomic E-state index is 0.333. The van der Waals surface area contributed by atoms with Gasteiger partial charge in [-0.25, -0.2) is 9.78 Å². The molecule has 2 aromatic rings. The molecule has 7 nitrogen and oxygen atoms in total. The van der Waals surface area contributed by atoms with E-state index in [1.54, 1.807) is 24.7 Å². The minimum atomic E-state index is -0.665. The van der Waals surface area contributed by atoms with Gasteiger partial charge in [0.15, 0.2) is 0 Å². The molecule has 0 spiro atoms. The van der Waals surface area contributed by atoms with Gasteiger partial charge in [-0.1, -0.05) is 6.07 Å². The van der Waals surface area contributed by atoms with Crippen molar-refractivity contribution in [3.63, 3.8) is 0 Å². The first-order chi connectivity index (χ1) is 12.5. The number of aliphatic hydroxyl groups excluding tert-OH is 1. The number of anilines is 1. The maximum Gasteiger partial charge on any atom is 0.341 e. The molecule has 1 saturated carbocycles. The van der Waals surface area contributed by atoms with E-state index in [9.17, 15) is 9.90 Å². The molecular formula is C19H24N4O3. The number of piperidine rings is 1. The molecule has 0 radical (unpaired) electrons. The molecule has 3 unspecified atom stereocenters. The van der Waals surface area contributed by atoms with E-state index in [0.717, 1.165) is 36.3 Å². The molecule has 2 aromatic heterocycles. The molecule has 0 bridgehead atoms. The van der Waals surface area contributed by atoms with Crippen molar-refractivity contribution in [2.24, 2.45) is 11.8 Å². The van der Waals surface area contributed by atoms with Crippen molar-refractivity contribution in [3.8, 4) is 0 Å². The van der Waals surface area contributed by atoms with Crippen LogP contribution in [0.3, 0.4) is 0 Å². The fraction of sp³-hybridized carbons (Fsp3) is 0.526. The highest BCUT2D eigenvalue weighted by Crippen LogP contribution is 2.46. The third-order valence-corrected chi connectivity index (χ3v) is 5.17. The number of carbonyl (C=O) groups is 1. The van der Waals surface area contributed by atoms with Crippen LogP contribution in [0.1, 0.15) is 48.0 Å². The van der Waals surface area contributed by atoms with E-state index in [0.29, 0.717) is 24.4 Å². The summed E-state index contributed by atoms with van der Waals surface area (Å²) in [5.74, 6) is 2.22. The molecule has 4 rings (SSSR count). The molecule has 0 amide bonds. The summed E-state index contributed by atoms with van der Waals surface area (Å²) >= 11 is 0. The van der Waals surface area contributed by atoms with Crippen LogP contribution >= 0.6 is 0 Å². The minimum Gasteiger partial charge on any atom is -0.462 e. The third-order valence-electron chi connectivity index (χ3n) is 5.17. The molecule has 3 atom stereocenters. The molecule has 2 fully saturated rings. The number of hydrogen-bond acceptors (Lipinski definition) is 6. The number of ether oxygens (including phenoxy) is 1. The van der Waals surface area contributed by atoms with E-state index in [-0.39, 0.29) is 5.97 Å². The first-order valence-electron chi connectivity index (χ1n) is 9.17. The van der Waals surface area contributed by atoms with Gasteiger partial charge in [0.1, 0.15) is 5.82 Å². The van der Waals surface area contributed by atoms with Crippen molar-refractivity contribution >= 4 is 11.8 Å². The number of hydrogen-bond donors (Lipinski definition) is 1. The van der Waals surface area contributed by atoms with E-state index in [2.05, 4.69) is 10.00 Å². The molecule has 138 valence electrons. The number of nitrogens with zero attached hydrogens (tertiary/aromatic N) is 4. The Morgan fingerprint density at radius 3 is 2.85 bits per heavy atom. The summed E-state index contributed by atoms with van der Waals surface area (Å²) < 4.78 is 6.65. The molecule has 0 aromatic carbocycles. The quantitative estimate of drug-likeness (QED) is 0.798. The SMILES string of the molecule is CCOC(=O)c1cnn(Cc2ccc(N3CC4CC4C3)nc2C(C)O)c1. The first-order valence-corrected chi connectivity index (χ1v) is 9.17. The maximum atomic E-state index is 11.8. The summed E-state index contributed by atoms with van der Waals surface area (Å²) in [6.07, 6.45) is 3.84. The van der Waals surface area contributed by atoms with Gasteiger partial charge in [0.25, 0.3) is 0 Å². The van der Waals surface area contributed by atoms with Crippen molar-refractivity contribution in [2.75, 3.05) is 24.6 Å². The number of rotatable bonds is 6. The molecule has 1 N–H and O–H groups in total. The standard InChI is InChI=1S/C19H24N4O3/c1-3-26-19(25)16-7-20-23(11-16)10-13-4-5-17(21-18(13)12(2)24)22-8-14-6-15(14)9-22/h4-5,7,11-12,14-15,24H,3,6,8-10H2,1-2H3. The Morgan fingerprint density at radius 2 is 2.15 bits per heavy atom. The van der Waals surface area contributed by atoms with Crippen LogP contribution in [-0.2, 0) is 11.3 Å². The lowest BCUT2D eigenvalue weighted by Gasteiger charge is -2.21. The molecule has 26 heavy (non-hydrogen) atoms. The Morgan fingerprint density at radius 1 is 1.38 bits per heavy atom. The molecular weight excluding hydrogens is 332 g/mol. The van der Waals surface area contributed by atoms with E-state index in [4.69, 9.17) is 9.72 Å². The predicted molar refractivity (Wildman–Crippen MR) is 96.0 cm³/mol. The molecule has 1 aliphatic heterocycles. The average molecular weight is 356 g/mol. The van der Waals surface area contributed by atoms with Gasteiger partial charge in [-0.2, -0.15) is 5.10 Å². The highest BCUT2D eigenvalue weighted by atomic mass is 16.5. The summed E-state index contributed by atoms with van der Waals surface area (Å²) in [5.41, 5.74) is 1.98. The molecule has 3 heterocycles. The summed E-state index contributed by atoms with van der Waals surface area (Å²) in [4.78, 5) is 18.8. The van der Waals surface area contributed by atoms with Crippen LogP contribution < -0.4 is 4.90 Å². The normalized spacial score (nSPS) is 22.2. The molecule has 1 aliphatic carbocycles. The van der Waals surface area contributed by atoms with Crippen LogP contribution in [0.5, 0.6) is 0 Å². The second-order valence-corrected chi connectivity index (χ2v) is 7.20.